The van der Waals surface area contributed by atoms with Gasteiger partial charge >= 0.3 is 6.03 Å². The van der Waals surface area contributed by atoms with E-state index in [1.165, 1.54) is 0 Å². The van der Waals surface area contributed by atoms with Gasteiger partial charge in [0.1, 0.15) is 5.82 Å². The van der Waals surface area contributed by atoms with E-state index >= 15 is 0 Å². The largest absolute Gasteiger partial charge is 0.348 e. The Labute approximate surface area is 136 Å². The summed E-state index contributed by atoms with van der Waals surface area (Å²) in [6.07, 6.45) is 0.587. The van der Waals surface area contributed by atoms with Gasteiger partial charge in [-0.3, -0.25) is 0 Å². The molecule has 1 aliphatic rings. The Morgan fingerprint density at radius 1 is 1.30 bits per heavy atom. The van der Waals surface area contributed by atoms with Gasteiger partial charge in [-0.2, -0.15) is 0 Å². The lowest BCUT2D eigenvalue weighted by atomic mass is 10.0. The Kier molecular flexibility index (Phi) is 5.59. The molecule has 2 amide bonds. The highest BCUT2D eigenvalue weighted by Gasteiger charge is 2.30. The van der Waals surface area contributed by atoms with Crippen molar-refractivity contribution >= 4 is 6.03 Å². The van der Waals surface area contributed by atoms with E-state index in [0.29, 0.717) is 37.3 Å². The van der Waals surface area contributed by atoms with Crippen molar-refractivity contribution in [2.24, 2.45) is 0 Å². The van der Waals surface area contributed by atoms with E-state index < -0.39 is 5.79 Å². The summed E-state index contributed by atoms with van der Waals surface area (Å²) in [7, 11) is 0. The number of amides is 2. The van der Waals surface area contributed by atoms with Gasteiger partial charge in [0.25, 0.3) is 0 Å². The Morgan fingerprint density at radius 3 is 2.43 bits per heavy atom. The molecule has 1 heterocycles. The number of benzene rings is 1. The van der Waals surface area contributed by atoms with Gasteiger partial charge in [0.05, 0.1) is 19.3 Å². The summed E-state index contributed by atoms with van der Waals surface area (Å²) in [5.74, 6) is -0.806. The molecule has 0 aliphatic carbocycles. The van der Waals surface area contributed by atoms with Crippen LogP contribution in [0.2, 0.25) is 0 Å². The average molecular weight is 324 g/mol. The molecule has 0 aromatic heterocycles. The van der Waals surface area contributed by atoms with Crippen LogP contribution >= 0.6 is 0 Å². The summed E-state index contributed by atoms with van der Waals surface area (Å²) in [6, 6.07) is 3.05. The molecule has 0 spiro atoms. The van der Waals surface area contributed by atoms with Gasteiger partial charge < -0.3 is 20.1 Å². The summed E-state index contributed by atoms with van der Waals surface area (Å²) >= 11 is 0. The van der Waals surface area contributed by atoms with Gasteiger partial charge in [-0.25, -0.2) is 9.18 Å². The number of rotatable bonds is 5. The van der Waals surface area contributed by atoms with E-state index in [4.69, 9.17) is 9.47 Å². The van der Waals surface area contributed by atoms with E-state index in [0.717, 1.165) is 5.56 Å². The lowest BCUT2D eigenvalue weighted by Gasteiger charge is -2.22. The van der Waals surface area contributed by atoms with Crippen molar-refractivity contribution in [3.63, 3.8) is 0 Å². The van der Waals surface area contributed by atoms with Crippen molar-refractivity contribution in [3.8, 4) is 0 Å². The maximum atomic E-state index is 13.7. The van der Waals surface area contributed by atoms with Crippen LogP contribution in [0.3, 0.4) is 0 Å². The Hall–Kier alpha value is -1.66. The van der Waals surface area contributed by atoms with Crippen LogP contribution in [-0.4, -0.2) is 31.6 Å². The molecule has 1 fully saturated rings. The van der Waals surface area contributed by atoms with Crippen LogP contribution in [0.5, 0.6) is 0 Å². The van der Waals surface area contributed by atoms with Crippen molar-refractivity contribution in [2.45, 2.75) is 45.9 Å². The highest BCUT2D eigenvalue weighted by Crippen LogP contribution is 2.22. The second kappa shape index (κ2) is 7.27. The van der Waals surface area contributed by atoms with Crippen LogP contribution in [0.1, 0.15) is 43.0 Å². The fourth-order valence-electron chi connectivity index (χ4n) is 2.66. The molecule has 0 radical (unpaired) electrons. The third-order valence-corrected chi connectivity index (χ3v) is 4.07. The van der Waals surface area contributed by atoms with Crippen molar-refractivity contribution in [1.29, 1.82) is 0 Å². The van der Waals surface area contributed by atoms with Gasteiger partial charge in [0.2, 0.25) is 0 Å². The number of carbonyl (C=O) groups is 1. The normalized spacial score (nSPS) is 17.8. The van der Waals surface area contributed by atoms with Gasteiger partial charge in [-0.05, 0) is 44.4 Å². The highest BCUT2D eigenvalue weighted by molar-refractivity contribution is 5.74. The molecule has 1 aromatic rings. The van der Waals surface area contributed by atoms with Crippen LogP contribution in [-0.2, 0) is 9.47 Å². The molecule has 2 rings (SSSR count). The summed E-state index contributed by atoms with van der Waals surface area (Å²) in [4.78, 5) is 12.0. The fourth-order valence-corrected chi connectivity index (χ4v) is 2.66. The number of halogens is 1. The van der Waals surface area contributed by atoms with E-state index in [9.17, 15) is 9.18 Å². The predicted molar refractivity (Wildman–Crippen MR) is 85.7 cm³/mol. The van der Waals surface area contributed by atoms with Crippen LogP contribution in [0.4, 0.5) is 9.18 Å². The van der Waals surface area contributed by atoms with Gasteiger partial charge in [-0.1, -0.05) is 12.1 Å². The van der Waals surface area contributed by atoms with Gasteiger partial charge in [0.15, 0.2) is 5.79 Å². The number of carbonyl (C=O) groups excluding carboxylic acids is 1. The molecular weight excluding hydrogens is 299 g/mol. The lowest BCUT2D eigenvalue weighted by Crippen LogP contribution is -2.40. The summed E-state index contributed by atoms with van der Waals surface area (Å²) in [5, 5.41) is 5.65. The summed E-state index contributed by atoms with van der Waals surface area (Å²) in [5.41, 5.74) is 2.04. The zero-order valence-corrected chi connectivity index (χ0v) is 14.2. The minimum absolute atomic E-state index is 0.199. The van der Waals surface area contributed by atoms with E-state index in [1.54, 1.807) is 26.0 Å². The summed E-state index contributed by atoms with van der Waals surface area (Å²) in [6.45, 7) is 8.81. The monoisotopic (exact) mass is 324 g/mol. The van der Waals surface area contributed by atoms with Crippen molar-refractivity contribution in [2.75, 3.05) is 19.8 Å². The molecule has 128 valence electrons. The molecule has 1 aromatic carbocycles. The number of urea groups is 1. The molecule has 6 heteroatoms. The molecule has 1 aliphatic heterocycles. The van der Waals surface area contributed by atoms with Crippen molar-refractivity contribution in [3.05, 3.63) is 34.6 Å². The van der Waals surface area contributed by atoms with Gasteiger partial charge in [0, 0.05) is 13.0 Å². The first-order valence-electron chi connectivity index (χ1n) is 7.90. The number of aryl methyl sites for hydroxylation is 2. The molecule has 1 unspecified atom stereocenters. The van der Waals surface area contributed by atoms with Gasteiger partial charge in [-0.15, -0.1) is 0 Å². The summed E-state index contributed by atoms with van der Waals surface area (Å²) < 4.78 is 24.6. The molecule has 0 saturated carbocycles. The third-order valence-electron chi connectivity index (χ3n) is 4.07. The SMILES string of the molecule is Cc1cc(C(C)NC(=O)NCCC2(C)OCCO2)cc(C)c1F. The van der Waals surface area contributed by atoms with E-state index in [1.807, 2.05) is 13.8 Å². The Morgan fingerprint density at radius 2 is 1.87 bits per heavy atom. The first kappa shape index (κ1) is 17.7. The lowest BCUT2D eigenvalue weighted by molar-refractivity contribution is -0.145. The number of hydrogen-bond acceptors (Lipinski definition) is 3. The maximum absolute atomic E-state index is 13.7. The smallest absolute Gasteiger partial charge is 0.315 e. The zero-order valence-electron chi connectivity index (χ0n) is 14.2. The Balaban J connectivity index is 1.82. The minimum Gasteiger partial charge on any atom is -0.348 e. The predicted octanol–water partition coefficient (Wildman–Crippen LogP) is 2.96. The van der Waals surface area contributed by atoms with Crippen LogP contribution in [0, 0.1) is 19.7 Å². The number of hydrogen-bond donors (Lipinski definition) is 2. The molecule has 23 heavy (non-hydrogen) atoms. The standard InChI is InChI=1S/C17H25FN2O3/c1-11-9-14(10-12(2)15(11)18)13(3)20-16(21)19-6-5-17(4)22-7-8-23-17/h9-10,13H,5-8H2,1-4H3,(H2,19,20,21). The van der Waals surface area contributed by atoms with Crippen LogP contribution in [0.25, 0.3) is 0 Å². The molecule has 1 saturated heterocycles. The molecule has 1 atom stereocenters. The van der Waals surface area contributed by atoms with Crippen LogP contribution < -0.4 is 10.6 Å². The fraction of sp³-hybridized carbons (Fsp3) is 0.588. The van der Waals surface area contributed by atoms with Crippen molar-refractivity contribution in [1.82, 2.24) is 10.6 Å². The topological polar surface area (TPSA) is 59.6 Å². The minimum atomic E-state index is -0.607. The number of nitrogens with one attached hydrogen (secondary N) is 2. The molecule has 5 nitrogen and oxygen atoms in total. The molecule has 2 N–H and O–H groups in total. The highest BCUT2D eigenvalue weighted by atomic mass is 19.1. The van der Waals surface area contributed by atoms with Crippen LogP contribution in [0.15, 0.2) is 12.1 Å². The maximum Gasteiger partial charge on any atom is 0.315 e. The third kappa shape index (κ3) is 4.65. The zero-order chi connectivity index (χ0) is 17.0. The first-order chi connectivity index (χ1) is 10.8. The molecular formula is C17H25FN2O3. The second-order valence-electron chi connectivity index (χ2n) is 6.17. The quantitative estimate of drug-likeness (QED) is 0.875. The van der Waals surface area contributed by atoms with Crippen molar-refractivity contribution < 1.29 is 18.7 Å². The molecule has 0 bridgehead atoms. The van der Waals surface area contributed by atoms with E-state index in [2.05, 4.69) is 10.6 Å². The second-order valence-corrected chi connectivity index (χ2v) is 6.17. The Bertz CT molecular complexity index is 548. The van der Waals surface area contributed by atoms with E-state index in [-0.39, 0.29) is 17.9 Å². The average Bonchev–Trinajstić information content (AvgIpc) is 2.91. The number of ether oxygens (including phenoxy) is 2. The first-order valence-corrected chi connectivity index (χ1v) is 7.90.